The second-order valence-corrected chi connectivity index (χ2v) is 5.87. The summed E-state index contributed by atoms with van der Waals surface area (Å²) in [6.45, 7) is 10.3. The molecule has 1 amide bonds. The summed E-state index contributed by atoms with van der Waals surface area (Å²) in [6, 6.07) is 0. The molecular formula is C17H27NO. The summed E-state index contributed by atoms with van der Waals surface area (Å²) in [4.78, 5) is 11.0. The number of allylic oxidation sites excluding steroid dienone is 5. The SMILES string of the molecule is C=C/C=C(\C(C)=C(C)C)C1CCC(CC(N)=O)CC1. The third kappa shape index (κ3) is 4.70. The lowest BCUT2D eigenvalue weighted by atomic mass is 9.75. The van der Waals surface area contributed by atoms with Crippen LogP contribution < -0.4 is 5.73 Å². The van der Waals surface area contributed by atoms with Gasteiger partial charge in [-0.05, 0) is 69.4 Å². The summed E-state index contributed by atoms with van der Waals surface area (Å²) in [6.07, 6.45) is 9.12. The number of rotatable bonds is 5. The molecule has 0 heterocycles. The van der Waals surface area contributed by atoms with Crippen molar-refractivity contribution in [1.82, 2.24) is 0 Å². The lowest BCUT2D eigenvalue weighted by Gasteiger charge is -2.30. The van der Waals surface area contributed by atoms with E-state index in [2.05, 4.69) is 33.4 Å². The first kappa shape index (κ1) is 15.7. The van der Waals surface area contributed by atoms with Crippen LogP contribution in [0.4, 0.5) is 0 Å². The Bertz CT molecular complexity index is 391. The zero-order chi connectivity index (χ0) is 14.4. The van der Waals surface area contributed by atoms with Gasteiger partial charge in [0.05, 0.1) is 0 Å². The number of hydrogen-bond donors (Lipinski definition) is 1. The van der Waals surface area contributed by atoms with Gasteiger partial charge in [0.15, 0.2) is 0 Å². The monoisotopic (exact) mass is 261 g/mol. The van der Waals surface area contributed by atoms with Crippen LogP contribution in [0.25, 0.3) is 0 Å². The van der Waals surface area contributed by atoms with E-state index in [0.717, 1.165) is 25.7 Å². The van der Waals surface area contributed by atoms with Crippen LogP contribution in [0.3, 0.4) is 0 Å². The van der Waals surface area contributed by atoms with Gasteiger partial charge in [0, 0.05) is 6.42 Å². The molecule has 0 aliphatic heterocycles. The van der Waals surface area contributed by atoms with Crippen molar-refractivity contribution in [1.29, 1.82) is 0 Å². The number of carbonyl (C=O) groups excluding carboxylic acids is 1. The fourth-order valence-electron chi connectivity index (χ4n) is 2.95. The van der Waals surface area contributed by atoms with E-state index in [1.54, 1.807) is 0 Å². The maximum atomic E-state index is 11.0. The standard InChI is InChI=1S/C17H27NO/c1-5-6-16(13(4)12(2)3)15-9-7-14(8-10-15)11-17(18)19/h5-6,14-15H,1,7-11H2,2-4H3,(H2,18,19)/b16-6+. The fourth-order valence-corrected chi connectivity index (χ4v) is 2.95. The molecule has 0 aromatic heterocycles. The number of primary amides is 1. The Morgan fingerprint density at radius 1 is 1.21 bits per heavy atom. The fraction of sp³-hybridized carbons (Fsp3) is 0.588. The summed E-state index contributed by atoms with van der Waals surface area (Å²) >= 11 is 0. The lowest BCUT2D eigenvalue weighted by Crippen LogP contribution is -2.22. The second-order valence-electron chi connectivity index (χ2n) is 5.87. The molecule has 0 bridgehead atoms. The minimum absolute atomic E-state index is 0.161. The molecule has 2 N–H and O–H groups in total. The number of carbonyl (C=O) groups is 1. The molecule has 0 aromatic carbocycles. The highest BCUT2D eigenvalue weighted by atomic mass is 16.1. The molecule has 0 unspecified atom stereocenters. The number of nitrogens with two attached hydrogens (primary N) is 1. The predicted molar refractivity (Wildman–Crippen MR) is 81.6 cm³/mol. The summed E-state index contributed by atoms with van der Waals surface area (Å²) in [5.74, 6) is 0.938. The van der Waals surface area contributed by atoms with E-state index in [1.807, 2.05) is 6.08 Å². The molecule has 2 heteroatoms. The molecule has 0 aromatic rings. The molecule has 0 atom stereocenters. The Balaban J connectivity index is 2.71. The topological polar surface area (TPSA) is 43.1 Å². The van der Waals surface area contributed by atoms with E-state index in [-0.39, 0.29) is 5.91 Å². The van der Waals surface area contributed by atoms with Gasteiger partial charge in [-0.15, -0.1) is 0 Å². The van der Waals surface area contributed by atoms with Crippen LogP contribution in [0.2, 0.25) is 0 Å². The highest BCUT2D eigenvalue weighted by Crippen LogP contribution is 2.37. The quantitative estimate of drug-likeness (QED) is 0.743. The third-order valence-electron chi connectivity index (χ3n) is 4.26. The van der Waals surface area contributed by atoms with E-state index in [0.29, 0.717) is 18.3 Å². The molecule has 0 radical (unpaired) electrons. The van der Waals surface area contributed by atoms with Crippen LogP contribution in [-0.4, -0.2) is 5.91 Å². The third-order valence-corrected chi connectivity index (χ3v) is 4.26. The smallest absolute Gasteiger partial charge is 0.217 e. The molecule has 106 valence electrons. The Morgan fingerprint density at radius 2 is 1.79 bits per heavy atom. The number of amides is 1. The highest BCUT2D eigenvalue weighted by molar-refractivity contribution is 5.74. The molecule has 19 heavy (non-hydrogen) atoms. The Hall–Kier alpha value is -1.31. The van der Waals surface area contributed by atoms with E-state index in [9.17, 15) is 4.79 Å². The summed E-state index contributed by atoms with van der Waals surface area (Å²) < 4.78 is 0. The van der Waals surface area contributed by atoms with Gasteiger partial charge in [-0.2, -0.15) is 0 Å². The van der Waals surface area contributed by atoms with Crippen LogP contribution in [0.15, 0.2) is 35.5 Å². The first-order valence-corrected chi connectivity index (χ1v) is 7.21. The van der Waals surface area contributed by atoms with Crippen molar-refractivity contribution < 1.29 is 4.79 Å². The van der Waals surface area contributed by atoms with Gasteiger partial charge >= 0.3 is 0 Å². The van der Waals surface area contributed by atoms with Crippen molar-refractivity contribution >= 4 is 5.91 Å². The van der Waals surface area contributed by atoms with Crippen LogP contribution in [0.5, 0.6) is 0 Å². The largest absolute Gasteiger partial charge is 0.370 e. The lowest BCUT2D eigenvalue weighted by molar-refractivity contribution is -0.119. The maximum absolute atomic E-state index is 11.0. The molecule has 1 fully saturated rings. The first-order chi connectivity index (χ1) is 8.95. The molecule has 1 aliphatic carbocycles. The van der Waals surface area contributed by atoms with Crippen LogP contribution in [-0.2, 0) is 4.79 Å². The molecule has 2 nitrogen and oxygen atoms in total. The average Bonchev–Trinajstić information content (AvgIpc) is 2.35. The minimum atomic E-state index is -0.161. The van der Waals surface area contributed by atoms with Crippen molar-refractivity contribution in [3.05, 3.63) is 35.5 Å². The molecule has 0 saturated heterocycles. The normalized spacial score (nSPS) is 23.8. The zero-order valence-corrected chi connectivity index (χ0v) is 12.5. The van der Waals surface area contributed by atoms with E-state index < -0.39 is 0 Å². The van der Waals surface area contributed by atoms with Gasteiger partial charge in [0.1, 0.15) is 0 Å². The van der Waals surface area contributed by atoms with Crippen molar-refractivity contribution in [3.8, 4) is 0 Å². The predicted octanol–water partition coefficient (Wildman–Crippen LogP) is 4.14. The second kappa shape index (κ2) is 7.32. The van der Waals surface area contributed by atoms with Crippen molar-refractivity contribution in [2.75, 3.05) is 0 Å². The zero-order valence-electron chi connectivity index (χ0n) is 12.5. The molecule has 0 spiro atoms. The van der Waals surface area contributed by atoms with E-state index in [4.69, 9.17) is 5.73 Å². The Morgan fingerprint density at radius 3 is 2.21 bits per heavy atom. The van der Waals surface area contributed by atoms with Gasteiger partial charge in [0.2, 0.25) is 5.91 Å². The van der Waals surface area contributed by atoms with Crippen molar-refractivity contribution in [3.63, 3.8) is 0 Å². The highest BCUT2D eigenvalue weighted by Gasteiger charge is 2.25. The van der Waals surface area contributed by atoms with Gasteiger partial charge < -0.3 is 5.73 Å². The molecule has 1 aliphatic rings. The summed E-state index contributed by atoms with van der Waals surface area (Å²) in [7, 11) is 0. The average molecular weight is 261 g/mol. The van der Waals surface area contributed by atoms with Crippen LogP contribution >= 0.6 is 0 Å². The van der Waals surface area contributed by atoms with E-state index >= 15 is 0 Å². The van der Waals surface area contributed by atoms with Crippen molar-refractivity contribution in [2.24, 2.45) is 17.6 Å². The van der Waals surface area contributed by atoms with Gasteiger partial charge in [-0.1, -0.05) is 24.3 Å². The first-order valence-electron chi connectivity index (χ1n) is 7.21. The van der Waals surface area contributed by atoms with Gasteiger partial charge in [-0.25, -0.2) is 0 Å². The van der Waals surface area contributed by atoms with Gasteiger partial charge in [0.25, 0.3) is 0 Å². The van der Waals surface area contributed by atoms with Gasteiger partial charge in [-0.3, -0.25) is 4.79 Å². The Kier molecular flexibility index (Phi) is 6.07. The Labute approximate surface area is 117 Å². The summed E-state index contributed by atoms with van der Waals surface area (Å²) in [5.41, 5.74) is 9.46. The number of hydrogen-bond acceptors (Lipinski definition) is 1. The van der Waals surface area contributed by atoms with Crippen LogP contribution in [0.1, 0.15) is 52.9 Å². The van der Waals surface area contributed by atoms with Crippen molar-refractivity contribution in [2.45, 2.75) is 52.9 Å². The molecular weight excluding hydrogens is 234 g/mol. The maximum Gasteiger partial charge on any atom is 0.217 e. The minimum Gasteiger partial charge on any atom is -0.370 e. The summed E-state index contributed by atoms with van der Waals surface area (Å²) in [5, 5.41) is 0. The van der Waals surface area contributed by atoms with Crippen LogP contribution in [0, 0.1) is 11.8 Å². The molecule has 1 saturated carbocycles. The molecule has 1 rings (SSSR count). The van der Waals surface area contributed by atoms with E-state index in [1.165, 1.54) is 16.7 Å².